The summed E-state index contributed by atoms with van der Waals surface area (Å²) in [5.74, 6) is 0.457. The van der Waals surface area contributed by atoms with Gasteiger partial charge in [0.05, 0.1) is 18.1 Å². The lowest BCUT2D eigenvalue weighted by Gasteiger charge is -2.38. The Morgan fingerprint density at radius 2 is 1.64 bits per heavy atom. The minimum atomic E-state index is -3.01. The molecule has 2 saturated heterocycles. The quantitative estimate of drug-likeness (QED) is 0.701. The summed E-state index contributed by atoms with van der Waals surface area (Å²) in [6.45, 7) is 4.62. The maximum absolute atomic E-state index is 13.0. The van der Waals surface area contributed by atoms with E-state index in [1.165, 1.54) is 0 Å². The van der Waals surface area contributed by atoms with Crippen LogP contribution >= 0.6 is 0 Å². The third kappa shape index (κ3) is 4.53. The van der Waals surface area contributed by atoms with Crippen LogP contribution in [0.3, 0.4) is 0 Å². The number of carbonyl (C=O) groups is 2. The molecule has 0 spiro atoms. The molecular formula is C17H29N3O4S. The van der Waals surface area contributed by atoms with Gasteiger partial charge in [-0.2, -0.15) is 0 Å². The van der Waals surface area contributed by atoms with Crippen molar-refractivity contribution < 1.29 is 18.0 Å². The minimum Gasteiger partial charge on any atom is -0.340 e. The summed E-state index contributed by atoms with van der Waals surface area (Å²) in [4.78, 5) is 30.2. The lowest BCUT2D eigenvalue weighted by molar-refractivity contribution is -0.138. The van der Waals surface area contributed by atoms with Crippen molar-refractivity contribution in [3.63, 3.8) is 0 Å². The molecule has 2 heterocycles. The molecule has 1 aliphatic carbocycles. The van der Waals surface area contributed by atoms with Crippen molar-refractivity contribution in [2.45, 2.75) is 51.1 Å². The zero-order chi connectivity index (χ0) is 18.0. The number of carbonyl (C=O) groups excluding carboxylic acids is 2. The first-order valence-corrected chi connectivity index (χ1v) is 11.2. The van der Waals surface area contributed by atoms with E-state index >= 15 is 0 Å². The highest BCUT2D eigenvalue weighted by Crippen LogP contribution is 2.29. The lowest BCUT2D eigenvalue weighted by Crippen LogP contribution is -2.54. The maximum atomic E-state index is 13.0. The summed E-state index contributed by atoms with van der Waals surface area (Å²) < 4.78 is 23.8. The molecule has 0 aromatic heterocycles. The Morgan fingerprint density at radius 1 is 1.00 bits per heavy atom. The molecule has 1 unspecified atom stereocenters. The van der Waals surface area contributed by atoms with Gasteiger partial charge in [-0.1, -0.05) is 12.8 Å². The van der Waals surface area contributed by atoms with Crippen molar-refractivity contribution >= 4 is 21.7 Å². The van der Waals surface area contributed by atoms with Crippen molar-refractivity contribution in [1.82, 2.24) is 14.7 Å². The van der Waals surface area contributed by atoms with Gasteiger partial charge in [0.1, 0.15) is 0 Å². The molecule has 3 aliphatic rings. The predicted molar refractivity (Wildman–Crippen MR) is 94.9 cm³/mol. The molecule has 0 aromatic carbocycles. The Morgan fingerprint density at radius 3 is 2.16 bits per heavy atom. The Balaban J connectivity index is 1.62. The van der Waals surface area contributed by atoms with Crippen LogP contribution in [0.2, 0.25) is 0 Å². The van der Waals surface area contributed by atoms with E-state index in [0.717, 1.165) is 25.7 Å². The number of hydrogen-bond donors (Lipinski definition) is 0. The summed E-state index contributed by atoms with van der Waals surface area (Å²) in [5, 5.41) is 0. The molecule has 8 heteroatoms. The van der Waals surface area contributed by atoms with E-state index in [4.69, 9.17) is 0 Å². The van der Waals surface area contributed by atoms with Gasteiger partial charge < -0.3 is 9.80 Å². The van der Waals surface area contributed by atoms with Crippen molar-refractivity contribution in [3.8, 4) is 0 Å². The van der Waals surface area contributed by atoms with Crippen LogP contribution in [0, 0.1) is 0 Å². The molecule has 25 heavy (non-hydrogen) atoms. The van der Waals surface area contributed by atoms with E-state index in [0.29, 0.717) is 39.1 Å². The average molecular weight is 372 g/mol. The van der Waals surface area contributed by atoms with Gasteiger partial charge in [-0.15, -0.1) is 0 Å². The monoisotopic (exact) mass is 371 g/mol. The fourth-order valence-corrected chi connectivity index (χ4v) is 6.09. The van der Waals surface area contributed by atoms with Crippen LogP contribution < -0.4 is 0 Å². The first-order chi connectivity index (χ1) is 11.9. The summed E-state index contributed by atoms with van der Waals surface area (Å²) in [7, 11) is -3.01. The fraction of sp³-hybridized carbons (Fsp3) is 0.882. The minimum absolute atomic E-state index is 0.0604. The largest absolute Gasteiger partial charge is 0.340 e. The van der Waals surface area contributed by atoms with Crippen LogP contribution in [0.15, 0.2) is 0 Å². The molecule has 2 amide bonds. The predicted octanol–water partition coefficient (Wildman–Crippen LogP) is 0.109. The maximum Gasteiger partial charge on any atom is 0.237 e. The SMILES string of the molecule is CC(=O)N1CCN(CC(=O)N(C2CCCC2)C2CCS(=O)(=O)C2)CC1. The summed E-state index contributed by atoms with van der Waals surface area (Å²) in [6, 6.07) is 0.0448. The van der Waals surface area contributed by atoms with Gasteiger partial charge in [-0.3, -0.25) is 14.5 Å². The smallest absolute Gasteiger partial charge is 0.237 e. The van der Waals surface area contributed by atoms with E-state index in [1.54, 1.807) is 11.8 Å². The number of amides is 2. The van der Waals surface area contributed by atoms with Gasteiger partial charge in [-0.05, 0) is 19.3 Å². The number of hydrogen-bond acceptors (Lipinski definition) is 5. The Hall–Kier alpha value is -1.15. The molecule has 2 aliphatic heterocycles. The highest BCUT2D eigenvalue weighted by Gasteiger charge is 2.39. The van der Waals surface area contributed by atoms with Crippen LogP contribution in [0.1, 0.15) is 39.0 Å². The Labute approximate surface area is 150 Å². The van der Waals surface area contributed by atoms with Crippen LogP contribution in [-0.2, 0) is 19.4 Å². The van der Waals surface area contributed by atoms with Crippen molar-refractivity contribution in [1.29, 1.82) is 0 Å². The molecular weight excluding hydrogens is 342 g/mol. The number of nitrogens with zero attached hydrogens (tertiary/aromatic N) is 3. The van der Waals surface area contributed by atoms with Gasteiger partial charge in [-0.25, -0.2) is 8.42 Å². The van der Waals surface area contributed by atoms with E-state index in [-0.39, 0.29) is 35.4 Å². The second-order valence-corrected chi connectivity index (χ2v) is 9.81. The Kier molecular flexibility index (Phi) is 5.68. The van der Waals surface area contributed by atoms with E-state index in [9.17, 15) is 18.0 Å². The van der Waals surface area contributed by atoms with Crippen LogP contribution in [-0.4, -0.2) is 91.2 Å². The standard InChI is InChI=1S/C17H29N3O4S/c1-14(21)19-9-7-18(8-10-19)12-17(22)20(15-4-2-3-5-15)16-6-11-25(23,24)13-16/h15-16H,2-13H2,1H3. The molecule has 3 fully saturated rings. The van der Waals surface area contributed by atoms with Crippen molar-refractivity contribution in [3.05, 3.63) is 0 Å². The first-order valence-electron chi connectivity index (χ1n) is 9.35. The zero-order valence-corrected chi connectivity index (χ0v) is 15.8. The number of piperazine rings is 1. The summed E-state index contributed by atoms with van der Waals surface area (Å²) >= 11 is 0. The molecule has 7 nitrogen and oxygen atoms in total. The van der Waals surface area contributed by atoms with Gasteiger partial charge in [0, 0.05) is 45.2 Å². The van der Waals surface area contributed by atoms with E-state index in [1.807, 2.05) is 4.90 Å². The molecule has 0 N–H and O–H groups in total. The third-order valence-corrected chi connectivity index (χ3v) is 7.53. The highest BCUT2D eigenvalue weighted by molar-refractivity contribution is 7.91. The molecule has 3 rings (SSSR count). The molecule has 0 aromatic rings. The van der Waals surface area contributed by atoms with Gasteiger partial charge in [0.2, 0.25) is 11.8 Å². The van der Waals surface area contributed by atoms with Gasteiger partial charge in [0.15, 0.2) is 9.84 Å². The first kappa shape index (κ1) is 18.6. The average Bonchev–Trinajstić information content (AvgIpc) is 3.18. The van der Waals surface area contributed by atoms with Gasteiger partial charge in [0.25, 0.3) is 0 Å². The lowest BCUT2D eigenvalue weighted by atomic mass is 10.1. The Bertz CT molecular complexity index is 607. The summed E-state index contributed by atoms with van der Waals surface area (Å²) in [5.41, 5.74) is 0. The zero-order valence-electron chi connectivity index (χ0n) is 15.0. The fourth-order valence-electron chi connectivity index (χ4n) is 4.38. The molecule has 0 bridgehead atoms. The van der Waals surface area contributed by atoms with Crippen LogP contribution in [0.4, 0.5) is 0 Å². The van der Waals surface area contributed by atoms with E-state index < -0.39 is 9.84 Å². The number of rotatable bonds is 4. The van der Waals surface area contributed by atoms with Crippen LogP contribution in [0.5, 0.6) is 0 Å². The summed E-state index contributed by atoms with van der Waals surface area (Å²) in [6.07, 6.45) is 4.78. The molecule has 1 atom stereocenters. The van der Waals surface area contributed by atoms with E-state index in [2.05, 4.69) is 4.90 Å². The third-order valence-electron chi connectivity index (χ3n) is 5.78. The number of sulfone groups is 1. The second kappa shape index (κ2) is 7.61. The normalized spacial score (nSPS) is 27.6. The second-order valence-electron chi connectivity index (χ2n) is 7.58. The van der Waals surface area contributed by atoms with Crippen molar-refractivity contribution in [2.24, 2.45) is 0 Å². The topological polar surface area (TPSA) is 78.0 Å². The molecule has 142 valence electrons. The molecule has 1 saturated carbocycles. The molecule has 0 radical (unpaired) electrons. The van der Waals surface area contributed by atoms with Crippen molar-refractivity contribution in [2.75, 3.05) is 44.2 Å². The van der Waals surface area contributed by atoms with Gasteiger partial charge >= 0.3 is 0 Å². The van der Waals surface area contributed by atoms with Crippen LogP contribution in [0.25, 0.3) is 0 Å². The highest BCUT2D eigenvalue weighted by atomic mass is 32.2.